The second-order valence-corrected chi connectivity index (χ2v) is 7.14. The van der Waals surface area contributed by atoms with Gasteiger partial charge in [-0.3, -0.25) is 4.90 Å². The Bertz CT molecular complexity index is 967. The number of nitrogens with zero attached hydrogens (tertiary/aromatic N) is 1. The van der Waals surface area contributed by atoms with Gasteiger partial charge in [0.05, 0.1) is 0 Å². The summed E-state index contributed by atoms with van der Waals surface area (Å²) in [5.74, 6) is 0. The minimum atomic E-state index is -1.99. The Kier molecular flexibility index (Phi) is 3.47. The predicted octanol–water partition coefficient (Wildman–Crippen LogP) is 5.77. The predicted molar refractivity (Wildman–Crippen MR) is 104 cm³/mol. The van der Waals surface area contributed by atoms with Crippen molar-refractivity contribution in [2.45, 2.75) is 39.2 Å². The maximum absolute atomic E-state index is 8.75. The average molecular weight is 322 g/mol. The van der Waals surface area contributed by atoms with Crippen LogP contribution in [0, 0.1) is 0 Å². The van der Waals surface area contributed by atoms with Gasteiger partial charge in [-0.2, -0.15) is 0 Å². The lowest BCUT2D eigenvalue weighted by Crippen LogP contribution is -2.17. The van der Waals surface area contributed by atoms with Crippen molar-refractivity contribution in [3.63, 3.8) is 0 Å². The first-order valence-corrected chi connectivity index (χ1v) is 8.29. The molecular weight excluding hydrogens is 290 g/mol. The van der Waals surface area contributed by atoms with Gasteiger partial charge >= 0.3 is 0 Å². The molecule has 0 fully saturated rings. The van der Waals surface area contributed by atoms with E-state index in [-0.39, 0.29) is 5.41 Å². The van der Waals surface area contributed by atoms with Crippen molar-refractivity contribution >= 4 is 10.8 Å². The molecule has 1 heteroatoms. The Morgan fingerprint density at radius 1 is 0.833 bits per heavy atom. The van der Waals surface area contributed by atoms with Gasteiger partial charge < -0.3 is 0 Å². The van der Waals surface area contributed by atoms with Crippen LogP contribution >= 0.6 is 0 Å². The SMILES string of the molecule is [2H]C([2H])(c1ccc(C(C)(C)C)cc1)N(C)C([2H])([2H])c1cccc2ccccc12. The second-order valence-electron chi connectivity index (χ2n) is 7.14. The van der Waals surface area contributed by atoms with Crippen LogP contribution in [0.3, 0.4) is 0 Å². The molecule has 0 amide bonds. The summed E-state index contributed by atoms with van der Waals surface area (Å²) in [5.41, 5.74) is 2.00. The lowest BCUT2D eigenvalue weighted by Gasteiger charge is -2.21. The van der Waals surface area contributed by atoms with E-state index >= 15 is 0 Å². The van der Waals surface area contributed by atoms with E-state index in [4.69, 9.17) is 5.48 Å². The van der Waals surface area contributed by atoms with E-state index in [2.05, 4.69) is 20.8 Å². The number of benzene rings is 3. The second kappa shape index (κ2) is 6.78. The molecule has 0 aliphatic heterocycles. The largest absolute Gasteiger partial charge is 0.298 e. The van der Waals surface area contributed by atoms with Gasteiger partial charge in [-0.05, 0) is 39.9 Å². The third kappa shape index (κ3) is 3.85. The Morgan fingerprint density at radius 2 is 1.50 bits per heavy atom. The van der Waals surface area contributed by atoms with E-state index in [0.717, 1.165) is 16.3 Å². The van der Waals surface area contributed by atoms with E-state index < -0.39 is 13.0 Å². The van der Waals surface area contributed by atoms with Crippen molar-refractivity contribution in [3.8, 4) is 0 Å². The van der Waals surface area contributed by atoms with Crippen LogP contribution in [0.25, 0.3) is 10.8 Å². The minimum Gasteiger partial charge on any atom is -0.298 e. The fraction of sp³-hybridized carbons (Fsp3) is 0.304. The maximum atomic E-state index is 8.75. The zero-order chi connectivity index (χ0) is 20.7. The van der Waals surface area contributed by atoms with Gasteiger partial charge in [-0.1, -0.05) is 87.5 Å². The third-order valence-corrected chi connectivity index (χ3v) is 4.13. The smallest absolute Gasteiger partial charge is 0.0481 e. The topological polar surface area (TPSA) is 3.24 Å². The quantitative estimate of drug-likeness (QED) is 0.589. The molecule has 3 rings (SSSR count). The first kappa shape index (κ1) is 12.3. The Balaban J connectivity index is 2.01. The highest BCUT2D eigenvalue weighted by Gasteiger charge is 2.13. The van der Waals surface area contributed by atoms with Crippen LogP contribution in [0.5, 0.6) is 0 Å². The van der Waals surface area contributed by atoms with Crippen LogP contribution in [-0.2, 0) is 18.4 Å². The highest BCUT2D eigenvalue weighted by Crippen LogP contribution is 2.23. The molecule has 3 aromatic rings. The molecule has 1 nitrogen and oxygen atoms in total. The van der Waals surface area contributed by atoms with Crippen LogP contribution < -0.4 is 0 Å². The molecule has 0 unspecified atom stereocenters. The molecule has 24 heavy (non-hydrogen) atoms. The van der Waals surface area contributed by atoms with E-state index in [9.17, 15) is 0 Å². The molecule has 0 bridgehead atoms. The molecule has 0 atom stereocenters. The van der Waals surface area contributed by atoms with Crippen LogP contribution in [0.1, 0.15) is 42.9 Å². The van der Waals surface area contributed by atoms with Crippen molar-refractivity contribution in [1.82, 2.24) is 4.90 Å². The summed E-state index contributed by atoms with van der Waals surface area (Å²) >= 11 is 0. The van der Waals surface area contributed by atoms with Crippen molar-refractivity contribution in [2.24, 2.45) is 0 Å². The number of rotatable bonds is 4. The molecule has 0 saturated heterocycles. The molecule has 0 N–H and O–H groups in total. The zero-order valence-corrected chi connectivity index (χ0v) is 14.8. The van der Waals surface area contributed by atoms with Gasteiger partial charge in [0.1, 0.15) is 0 Å². The Hall–Kier alpha value is -2.12. The molecule has 124 valence electrons. The molecule has 0 aromatic heterocycles. The number of hydrogen-bond donors (Lipinski definition) is 0. The van der Waals surface area contributed by atoms with Gasteiger partial charge in [0.15, 0.2) is 0 Å². The standard InChI is InChI=1S/C23H27N/c1-23(2,3)21-14-12-18(13-15-21)16-24(4)17-20-10-7-9-19-8-5-6-11-22(19)20/h5-15H,16-17H2,1-4H3/i16D2,17D2. The first-order chi connectivity index (χ1) is 13.0. The van der Waals surface area contributed by atoms with E-state index in [1.165, 1.54) is 11.9 Å². The van der Waals surface area contributed by atoms with Crippen molar-refractivity contribution in [2.75, 3.05) is 7.05 Å². The Morgan fingerprint density at radius 3 is 2.21 bits per heavy atom. The fourth-order valence-electron chi connectivity index (χ4n) is 2.77. The monoisotopic (exact) mass is 321 g/mol. The van der Waals surface area contributed by atoms with E-state index in [1.807, 2.05) is 48.5 Å². The van der Waals surface area contributed by atoms with Crippen LogP contribution in [0.2, 0.25) is 0 Å². The first-order valence-electron chi connectivity index (χ1n) is 10.3. The highest BCUT2D eigenvalue weighted by atomic mass is 15.1. The maximum Gasteiger partial charge on any atom is 0.0481 e. The molecule has 0 aliphatic carbocycles. The summed E-state index contributed by atoms with van der Waals surface area (Å²) in [6.07, 6.45) is 0. The molecule has 0 saturated carbocycles. The fourth-order valence-corrected chi connectivity index (χ4v) is 2.77. The van der Waals surface area contributed by atoms with Gasteiger partial charge in [0, 0.05) is 18.5 Å². The summed E-state index contributed by atoms with van der Waals surface area (Å²) in [6, 6.07) is 20.5. The number of fused-ring (bicyclic) bond motifs is 1. The molecular formula is C23H27N. The van der Waals surface area contributed by atoms with Crippen molar-refractivity contribution in [1.29, 1.82) is 0 Å². The highest BCUT2D eigenvalue weighted by molar-refractivity contribution is 5.85. The van der Waals surface area contributed by atoms with E-state index in [0.29, 0.717) is 11.1 Å². The lowest BCUT2D eigenvalue weighted by molar-refractivity contribution is 0.320. The Labute approximate surface area is 151 Å². The van der Waals surface area contributed by atoms with Crippen LogP contribution in [-0.4, -0.2) is 11.9 Å². The molecule has 0 radical (unpaired) electrons. The lowest BCUT2D eigenvalue weighted by atomic mass is 9.87. The van der Waals surface area contributed by atoms with Crippen molar-refractivity contribution < 1.29 is 5.48 Å². The minimum absolute atomic E-state index is 0.0191. The van der Waals surface area contributed by atoms with Gasteiger partial charge in [0.2, 0.25) is 0 Å². The van der Waals surface area contributed by atoms with Gasteiger partial charge in [-0.15, -0.1) is 0 Å². The van der Waals surface area contributed by atoms with Crippen LogP contribution in [0.4, 0.5) is 0 Å². The normalized spacial score (nSPS) is 15.7. The molecule has 3 aromatic carbocycles. The third-order valence-electron chi connectivity index (χ3n) is 4.13. The molecule has 0 spiro atoms. The number of hydrogen-bond acceptors (Lipinski definition) is 1. The summed E-state index contributed by atoms with van der Waals surface area (Å²) in [7, 11) is 1.50. The zero-order valence-electron chi connectivity index (χ0n) is 18.8. The van der Waals surface area contributed by atoms with Crippen LogP contribution in [0.15, 0.2) is 66.7 Å². The molecule has 0 aliphatic rings. The summed E-state index contributed by atoms with van der Waals surface area (Å²) in [5, 5.41) is 1.73. The summed E-state index contributed by atoms with van der Waals surface area (Å²) in [6.45, 7) is 2.37. The van der Waals surface area contributed by atoms with Gasteiger partial charge in [-0.25, -0.2) is 0 Å². The van der Waals surface area contributed by atoms with Gasteiger partial charge in [0.25, 0.3) is 0 Å². The average Bonchev–Trinajstić information content (AvgIpc) is 2.66. The summed E-state index contributed by atoms with van der Waals surface area (Å²) in [4.78, 5) is 1.17. The van der Waals surface area contributed by atoms with Crippen molar-refractivity contribution in [3.05, 3.63) is 83.4 Å². The molecule has 0 heterocycles. The summed E-state index contributed by atoms with van der Waals surface area (Å²) < 4.78 is 34.8. The van der Waals surface area contributed by atoms with E-state index in [1.54, 1.807) is 18.2 Å².